The van der Waals surface area contributed by atoms with E-state index in [1.807, 2.05) is 34.6 Å². The molecule has 2 atom stereocenters. The molecule has 1 heterocycles. The standard InChI is InChI=1S/C24H34FN3O5/c1-15(2)11-16(12-21(29)30)26-22(31)18-13-20(33-14-24(6,32)23(3,4)5)28(27-18)19-10-8-7-9-17(19)25/h7-10,13,15-16,32H,11-12,14H2,1-6H3,(H,26,31)(H,29,30)/t16-,24-/m0/s1. The summed E-state index contributed by atoms with van der Waals surface area (Å²) in [5, 5.41) is 26.9. The number of carbonyl (C=O) groups excluding carboxylic acids is 1. The Kier molecular flexibility index (Phi) is 8.24. The third kappa shape index (κ3) is 7.02. The smallest absolute Gasteiger partial charge is 0.305 e. The maximum Gasteiger partial charge on any atom is 0.305 e. The molecule has 0 aliphatic rings. The lowest BCUT2D eigenvalue weighted by Crippen LogP contribution is -2.45. The van der Waals surface area contributed by atoms with Crippen molar-refractivity contribution in [3.05, 3.63) is 41.8 Å². The van der Waals surface area contributed by atoms with Crippen LogP contribution >= 0.6 is 0 Å². The fourth-order valence-corrected chi connectivity index (χ4v) is 3.04. The van der Waals surface area contributed by atoms with Gasteiger partial charge in [0.1, 0.15) is 23.7 Å². The summed E-state index contributed by atoms with van der Waals surface area (Å²) in [5.74, 6) is -1.93. The van der Waals surface area contributed by atoms with E-state index in [1.165, 1.54) is 24.3 Å². The van der Waals surface area contributed by atoms with E-state index in [1.54, 1.807) is 13.0 Å². The summed E-state index contributed by atoms with van der Waals surface area (Å²) in [4.78, 5) is 24.1. The molecule has 0 saturated heterocycles. The average Bonchev–Trinajstić information content (AvgIpc) is 3.09. The number of ether oxygens (including phenoxy) is 1. The summed E-state index contributed by atoms with van der Waals surface area (Å²) in [6.45, 7) is 11.0. The second-order valence-electron chi connectivity index (χ2n) is 9.94. The van der Waals surface area contributed by atoms with E-state index >= 15 is 0 Å². The SMILES string of the molecule is CC(C)C[C@@H](CC(=O)O)NC(=O)c1cc(OC[C@](C)(O)C(C)(C)C)n(-c2ccccc2F)n1. The van der Waals surface area contributed by atoms with Crippen LogP contribution in [0.1, 0.15) is 64.9 Å². The minimum Gasteiger partial charge on any atom is -0.481 e. The van der Waals surface area contributed by atoms with Gasteiger partial charge in [-0.05, 0) is 36.8 Å². The molecule has 1 amide bonds. The predicted molar refractivity (Wildman–Crippen MR) is 122 cm³/mol. The molecule has 9 heteroatoms. The van der Waals surface area contributed by atoms with E-state index in [0.29, 0.717) is 6.42 Å². The van der Waals surface area contributed by atoms with E-state index < -0.39 is 34.8 Å². The van der Waals surface area contributed by atoms with Gasteiger partial charge >= 0.3 is 5.97 Å². The van der Waals surface area contributed by atoms with Gasteiger partial charge in [0.05, 0.1) is 6.42 Å². The summed E-state index contributed by atoms with van der Waals surface area (Å²) in [6.07, 6.45) is 0.250. The first kappa shape index (κ1) is 26.3. The molecule has 0 bridgehead atoms. The van der Waals surface area contributed by atoms with Gasteiger partial charge in [0, 0.05) is 12.1 Å². The first-order chi connectivity index (χ1) is 15.2. The van der Waals surface area contributed by atoms with Crippen molar-refractivity contribution in [2.24, 2.45) is 11.3 Å². The molecular formula is C24H34FN3O5. The lowest BCUT2D eigenvalue weighted by molar-refractivity contribution is -0.137. The molecule has 0 aliphatic carbocycles. The van der Waals surface area contributed by atoms with Crippen molar-refractivity contribution in [2.75, 3.05) is 6.61 Å². The lowest BCUT2D eigenvalue weighted by Gasteiger charge is -2.36. The van der Waals surface area contributed by atoms with Crippen LogP contribution in [0, 0.1) is 17.2 Å². The van der Waals surface area contributed by atoms with Gasteiger partial charge in [-0.15, -0.1) is 0 Å². The molecule has 0 spiro atoms. The molecule has 2 aromatic rings. The molecule has 0 saturated carbocycles. The van der Waals surface area contributed by atoms with Crippen molar-refractivity contribution < 1.29 is 28.9 Å². The number of halogens is 1. The number of para-hydroxylation sites is 1. The number of aliphatic carboxylic acids is 1. The zero-order valence-corrected chi connectivity index (χ0v) is 20.1. The lowest BCUT2D eigenvalue weighted by atomic mass is 9.78. The van der Waals surface area contributed by atoms with E-state index in [4.69, 9.17) is 9.84 Å². The Hall–Kier alpha value is -2.94. The minimum absolute atomic E-state index is 0.0530. The topological polar surface area (TPSA) is 114 Å². The van der Waals surface area contributed by atoms with Crippen molar-refractivity contribution in [3.8, 4) is 11.6 Å². The number of hydrogen-bond donors (Lipinski definition) is 3. The van der Waals surface area contributed by atoms with Crippen LogP contribution in [0.25, 0.3) is 5.69 Å². The van der Waals surface area contributed by atoms with Gasteiger partial charge in [-0.1, -0.05) is 46.8 Å². The number of rotatable bonds is 10. The third-order valence-corrected chi connectivity index (χ3v) is 5.62. The monoisotopic (exact) mass is 463 g/mol. The molecule has 33 heavy (non-hydrogen) atoms. The highest BCUT2D eigenvalue weighted by Crippen LogP contribution is 2.31. The number of benzene rings is 1. The highest BCUT2D eigenvalue weighted by Gasteiger charge is 2.36. The second kappa shape index (κ2) is 10.3. The molecule has 0 radical (unpaired) electrons. The van der Waals surface area contributed by atoms with E-state index in [2.05, 4.69) is 10.4 Å². The minimum atomic E-state index is -1.22. The number of nitrogens with zero attached hydrogens (tertiary/aromatic N) is 2. The molecule has 182 valence electrons. The van der Waals surface area contributed by atoms with Gasteiger partial charge in [-0.2, -0.15) is 9.78 Å². The Morgan fingerprint density at radius 2 is 1.85 bits per heavy atom. The molecule has 0 fully saturated rings. The fraction of sp³-hybridized carbons (Fsp3) is 0.542. The Morgan fingerprint density at radius 1 is 1.21 bits per heavy atom. The Morgan fingerprint density at radius 3 is 2.39 bits per heavy atom. The zero-order valence-electron chi connectivity index (χ0n) is 20.1. The van der Waals surface area contributed by atoms with Crippen LogP contribution in [0.3, 0.4) is 0 Å². The van der Waals surface area contributed by atoms with Gasteiger partial charge in [0.2, 0.25) is 5.88 Å². The number of aliphatic hydroxyl groups is 1. The van der Waals surface area contributed by atoms with Crippen molar-refractivity contribution in [3.63, 3.8) is 0 Å². The largest absolute Gasteiger partial charge is 0.481 e. The number of nitrogens with one attached hydrogen (secondary N) is 1. The maximum absolute atomic E-state index is 14.5. The van der Waals surface area contributed by atoms with Crippen molar-refractivity contribution in [1.82, 2.24) is 15.1 Å². The van der Waals surface area contributed by atoms with Gasteiger partial charge in [-0.3, -0.25) is 9.59 Å². The predicted octanol–water partition coefficient (Wildman–Crippen LogP) is 3.81. The van der Waals surface area contributed by atoms with E-state index in [-0.39, 0.29) is 36.2 Å². The number of carbonyl (C=O) groups is 2. The molecule has 3 N–H and O–H groups in total. The van der Waals surface area contributed by atoms with Crippen LogP contribution in [-0.2, 0) is 4.79 Å². The van der Waals surface area contributed by atoms with Gasteiger partial charge in [0.15, 0.2) is 5.69 Å². The Bertz CT molecular complexity index is 979. The first-order valence-corrected chi connectivity index (χ1v) is 10.9. The normalized spacial score (nSPS) is 14.6. The zero-order chi connectivity index (χ0) is 25.0. The summed E-state index contributed by atoms with van der Waals surface area (Å²) < 4.78 is 21.5. The number of aromatic nitrogens is 2. The average molecular weight is 464 g/mol. The summed E-state index contributed by atoms with van der Waals surface area (Å²) in [7, 11) is 0. The second-order valence-corrected chi connectivity index (χ2v) is 9.94. The highest BCUT2D eigenvalue weighted by molar-refractivity contribution is 5.93. The van der Waals surface area contributed by atoms with Crippen LogP contribution in [0.2, 0.25) is 0 Å². The number of carboxylic acid groups (broad SMARTS) is 1. The third-order valence-electron chi connectivity index (χ3n) is 5.62. The summed E-state index contributed by atoms with van der Waals surface area (Å²) in [6, 6.07) is 6.68. The quantitative estimate of drug-likeness (QED) is 0.494. The first-order valence-electron chi connectivity index (χ1n) is 10.9. The Balaban J connectivity index is 2.38. The number of amides is 1. The van der Waals surface area contributed by atoms with Crippen molar-refractivity contribution in [2.45, 2.75) is 66.0 Å². The van der Waals surface area contributed by atoms with E-state index in [9.17, 15) is 19.1 Å². The Labute approximate surface area is 193 Å². The van der Waals surface area contributed by atoms with Gasteiger partial charge in [0.25, 0.3) is 5.91 Å². The van der Waals surface area contributed by atoms with E-state index in [0.717, 1.165) is 4.68 Å². The number of carboxylic acids is 1. The molecule has 1 aromatic carbocycles. The van der Waals surface area contributed by atoms with Gasteiger partial charge < -0.3 is 20.3 Å². The van der Waals surface area contributed by atoms with Crippen LogP contribution < -0.4 is 10.1 Å². The molecule has 8 nitrogen and oxygen atoms in total. The van der Waals surface area contributed by atoms with Crippen molar-refractivity contribution in [1.29, 1.82) is 0 Å². The maximum atomic E-state index is 14.5. The summed E-state index contributed by atoms with van der Waals surface area (Å²) >= 11 is 0. The van der Waals surface area contributed by atoms with Crippen molar-refractivity contribution >= 4 is 11.9 Å². The van der Waals surface area contributed by atoms with Crippen LogP contribution in [0.4, 0.5) is 4.39 Å². The highest BCUT2D eigenvalue weighted by atomic mass is 19.1. The molecule has 2 rings (SSSR count). The molecule has 1 aromatic heterocycles. The fourth-order valence-electron chi connectivity index (χ4n) is 3.04. The molecule has 0 aliphatic heterocycles. The van der Waals surface area contributed by atoms with Crippen LogP contribution in [-0.4, -0.2) is 50.1 Å². The van der Waals surface area contributed by atoms with Crippen LogP contribution in [0.5, 0.6) is 5.88 Å². The van der Waals surface area contributed by atoms with Crippen LogP contribution in [0.15, 0.2) is 30.3 Å². The van der Waals surface area contributed by atoms with Gasteiger partial charge in [-0.25, -0.2) is 4.39 Å². The molecule has 0 unspecified atom stereocenters. The molecular weight excluding hydrogens is 429 g/mol. The number of hydrogen-bond acceptors (Lipinski definition) is 5. The summed E-state index contributed by atoms with van der Waals surface area (Å²) in [5.41, 5.74) is -1.70.